The molecule has 0 aromatic heterocycles. The summed E-state index contributed by atoms with van der Waals surface area (Å²) < 4.78 is 5.00. The van der Waals surface area contributed by atoms with E-state index in [0.29, 0.717) is 24.9 Å². The molecule has 0 spiro atoms. The molecule has 0 saturated carbocycles. The third kappa shape index (κ3) is 6.28. The van der Waals surface area contributed by atoms with Gasteiger partial charge in [-0.25, -0.2) is 0 Å². The van der Waals surface area contributed by atoms with Gasteiger partial charge in [0.2, 0.25) is 0 Å². The second-order valence-electron chi connectivity index (χ2n) is 7.84. The second-order valence-corrected chi connectivity index (χ2v) is 9.35. The first kappa shape index (κ1) is 27.3. The number of nitrogens with one attached hydrogen (secondary N) is 1. The summed E-state index contributed by atoms with van der Waals surface area (Å²) in [6, 6.07) is 7.41. The SMILES string of the molecule is CCc1ccc(NC(=O)COC(=O)CCCCCN2C(=O)c3c(Cl)c(Cl)c(Cl)c(Cl)c3C2=O)cc1. The van der Waals surface area contributed by atoms with Gasteiger partial charge in [-0.15, -0.1) is 0 Å². The Balaban J connectivity index is 1.39. The van der Waals surface area contributed by atoms with Crippen molar-refractivity contribution in [2.24, 2.45) is 0 Å². The predicted octanol–water partition coefficient (Wildman–Crippen LogP) is 6.20. The highest BCUT2D eigenvalue weighted by Gasteiger charge is 2.41. The van der Waals surface area contributed by atoms with Crippen LogP contribution in [0.2, 0.25) is 20.1 Å². The number of unbranched alkanes of at least 4 members (excludes halogenated alkanes) is 2. The normalized spacial score (nSPS) is 12.7. The fourth-order valence-electron chi connectivity index (χ4n) is 3.55. The highest BCUT2D eigenvalue weighted by atomic mass is 35.5. The van der Waals surface area contributed by atoms with Crippen LogP contribution >= 0.6 is 46.4 Å². The molecule has 0 bridgehead atoms. The first-order valence-corrected chi connectivity index (χ1v) is 12.4. The molecule has 11 heteroatoms. The third-order valence-electron chi connectivity index (χ3n) is 5.46. The summed E-state index contributed by atoms with van der Waals surface area (Å²) in [5.41, 5.74) is 1.67. The molecule has 3 amide bonds. The van der Waals surface area contributed by atoms with E-state index in [0.717, 1.165) is 16.9 Å². The fourth-order valence-corrected chi connectivity index (χ4v) is 4.57. The topological polar surface area (TPSA) is 92.8 Å². The van der Waals surface area contributed by atoms with Crippen molar-refractivity contribution in [2.45, 2.75) is 39.0 Å². The molecule has 1 aliphatic heterocycles. The van der Waals surface area contributed by atoms with E-state index >= 15 is 0 Å². The van der Waals surface area contributed by atoms with Crippen LogP contribution < -0.4 is 5.32 Å². The number of aryl methyl sites for hydroxylation is 1. The summed E-state index contributed by atoms with van der Waals surface area (Å²) in [5.74, 6) is -2.12. The van der Waals surface area contributed by atoms with E-state index in [1.165, 1.54) is 0 Å². The monoisotopic (exact) mass is 558 g/mol. The number of carbonyl (C=O) groups is 4. The van der Waals surface area contributed by atoms with Crippen LogP contribution in [0.5, 0.6) is 0 Å². The Morgan fingerprint density at radius 2 is 1.43 bits per heavy atom. The highest BCUT2D eigenvalue weighted by molar-refractivity contribution is 6.55. The number of hydrogen-bond acceptors (Lipinski definition) is 5. The molecule has 0 atom stereocenters. The quantitative estimate of drug-likeness (QED) is 0.123. The maximum absolute atomic E-state index is 12.7. The third-order valence-corrected chi connectivity index (χ3v) is 7.26. The van der Waals surface area contributed by atoms with Gasteiger partial charge >= 0.3 is 5.97 Å². The van der Waals surface area contributed by atoms with E-state index < -0.39 is 23.7 Å². The molecule has 0 saturated heterocycles. The summed E-state index contributed by atoms with van der Waals surface area (Å²) in [6.07, 6.45) is 2.45. The minimum Gasteiger partial charge on any atom is -0.456 e. The average Bonchev–Trinajstić information content (AvgIpc) is 3.10. The van der Waals surface area contributed by atoms with Crippen LogP contribution in [0.4, 0.5) is 5.69 Å². The van der Waals surface area contributed by atoms with Crippen LogP contribution in [0.25, 0.3) is 0 Å². The van der Waals surface area contributed by atoms with Crippen molar-refractivity contribution in [3.8, 4) is 0 Å². The lowest BCUT2D eigenvalue weighted by Crippen LogP contribution is -2.30. The van der Waals surface area contributed by atoms with Crippen LogP contribution in [0.3, 0.4) is 0 Å². The number of amides is 3. The minimum absolute atomic E-state index is 0.0563. The number of esters is 1. The molecule has 1 heterocycles. The van der Waals surface area contributed by atoms with E-state index in [9.17, 15) is 19.2 Å². The van der Waals surface area contributed by atoms with Crippen molar-refractivity contribution in [3.63, 3.8) is 0 Å². The summed E-state index contributed by atoms with van der Waals surface area (Å²) in [4.78, 5) is 50.3. The Morgan fingerprint density at radius 3 is 1.97 bits per heavy atom. The average molecular weight is 560 g/mol. The van der Waals surface area contributed by atoms with Gasteiger partial charge in [0.1, 0.15) is 0 Å². The van der Waals surface area contributed by atoms with Crippen molar-refractivity contribution in [2.75, 3.05) is 18.5 Å². The number of fused-ring (bicyclic) bond motifs is 1. The summed E-state index contributed by atoms with van der Waals surface area (Å²) in [5, 5.41) is 2.28. The van der Waals surface area contributed by atoms with E-state index in [4.69, 9.17) is 51.1 Å². The van der Waals surface area contributed by atoms with Crippen LogP contribution in [0, 0.1) is 0 Å². The number of anilines is 1. The molecule has 2 aromatic carbocycles. The number of ether oxygens (including phenoxy) is 1. The van der Waals surface area contributed by atoms with Gasteiger partial charge in [0, 0.05) is 18.7 Å². The van der Waals surface area contributed by atoms with Gasteiger partial charge in [-0.1, -0.05) is 71.9 Å². The Kier molecular flexibility index (Phi) is 9.41. The molecule has 1 aliphatic rings. The van der Waals surface area contributed by atoms with Crippen molar-refractivity contribution in [1.29, 1.82) is 0 Å². The van der Waals surface area contributed by atoms with E-state index in [1.54, 1.807) is 12.1 Å². The van der Waals surface area contributed by atoms with Crippen LogP contribution in [-0.4, -0.2) is 41.7 Å². The summed E-state index contributed by atoms with van der Waals surface area (Å²) in [6.45, 7) is 1.77. The maximum Gasteiger partial charge on any atom is 0.306 e. The Hall–Kier alpha value is -2.32. The molecule has 35 heavy (non-hydrogen) atoms. The molecule has 0 radical (unpaired) electrons. The zero-order valence-corrected chi connectivity index (χ0v) is 21.8. The second kappa shape index (κ2) is 12.1. The van der Waals surface area contributed by atoms with Crippen molar-refractivity contribution in [1.82, 2.24) is 4.90 Å². The Labute approximate surface area is 222 Å². The maximum atomic E-state index is 12.7. The molecular weight excluding hydrogens is 538 g/mol. The number of carbonyl (C=O) groups excluding carboxylic acids is 4. The molecule has 2 aromatic rings. The molecule has 3 rings (SSSR count). The lowest BCUT2D eigenvalue weighted by Gasteiger charge is -2.13. The number of hydrogen-bond donors (Lipinski definition) is 1. The molecule has 0 fully saturated rings. The largest absolute Gasteiger partial charge is 0.456 e. The van der Waals surface area contributed by atoms with Gasteiger partial charge in [0.15, 0.2) is 6.61 Å². The number of imide groups is 1. The minimum atomic E-state index is -0.592. The molecule has 7 nitrogen and oxygen atoms in total. The predicted molar refractivity (Wildman–Crippen MR) is 136 cm³/mol. The zero-order valence-electron chi connectivity index (χ0n) is 18.8. The highest BCUT2D eigenvalue weighted by Crippen LogP contribution is 2.44. The number of nitrogens with zero attached hydrogens (tertiary/aromatic N) is 1. The van der Waals surface area contributed by atoms with E-state index in [1.807, 2.05) is 19.1 Å². The van der Waals surface area contributed by atoms with Gasteiger partial charge in [-0.3, -0.25) is 24.1 Å². The van der Waals surface area contributed by atoms with Gasteiger partial charge in [-0.05, 0) is 37.0 Å². The van der Waals surface area contributed by atoms with Crippen molar-refractivity contribution >= 4 is 75.8 Å². The first-order chi connectivity index (χ1) is 16.6. The summed E-state index contributed by atoms with van der Waals surface area (Å²) >= 11 is 24.2. The van der Waals surface area contributed by atoms with Crippen LogP contribution in [0.1, 0.15) is 58.9 Å². The van der Waals surface area contributed by atoms with Crippen molar-refractivity contribution < 1.29 is 23.9 Å². The molecular formula is C24H22Cl4N2O5. The number of halogens is 4. The van der Waals surface area contributed by atoms with Gasteiger partial charge < -0.3 is 10.1 Å². The van der Waals surface area contributed by atoms with Gasteiger partial charge in [0.05, 0.1) is 31.2 Å². The molecule has 1 N–H and O–H groups in total. The van der Waals surface area contributed by atoms with Crippen LogP contribution in [-0.2, 0) is 20.7 Å². The first-order valence-electron chi connectivity index (χ1n) is 10.9. The molecule has 0 unspecified atom stereocenters. The summed E-state index contributed by atoms with van der Waals surface area (Å²) in [7, 11) is 0. The number of benzene rings is 2. The Bertz CT molecular complexity index is 1120. The van der Waals surface area contributed by atoms with Gasteiger partial charge in [-0.2, -0.15) is 0 Å². The smallest absolute Gasteiger partial charge is 0.306 e. The standard InChI is InChI=1S/C24H22Cl4N2O5/c1-2-13-7-9-14(10-8-13)29-15(31)12-35-16(32)6-4-3-5-11-30-23(33)17-18(24(30)34)20(26)22(28)21(27)19(17)25/h7-10H,2-6,11-12H2,1H3,(H,29,31). The van der Waals surface area contributed by atoms with Crippen molar-refractivity contribution in [3.05, 3.63) is 61.0 Å². The lowest BCUT2D eigenvalue weighted by atomic mass is 10.1. The van der Waals surface area contributed by atoms with E-state index in [-0.39, 0.29) is 50.8 Å². The molecule has 0 aliphatic carbocycles. The van der Waals surface area contributed by atoms with E-state index in [2.05, 4.69) is 5.32 Å². The van der Waals surface area contributed by atoms with Crippen LogP contribution in [0.15, 0.2) is 24.3 Å². The Morgan fingerprint density at radius 1 is 0.857 bits per heavy atom. The number of rotatable bonds is 10. The zero-order chi connectivity index (χ0) is 25.7. The fraction of sp³-hybridized carbons (Fsp3) is 0.333. The lowest BCUT2D eigenvalue weighted by molar-refractivity contribution is -0.147. The van der Waals surface area contributed by atoms with Gasteiger partial charge in [0.25, 0.3) is 17.7 Å². The molecule has 186 valence electrons.